The largest absolute Gasteiger partial charge is 0.350 e. The van der Waals surface area contributed by atoms with Gasteiger partial charge in [-0.3, -0.25) is 0 Å². The third-order valence-electron chi connectivity index (χ3n) is 1.84. The van der Waals surface area contributed by atoms with E-state index in [1.54, 1.807) is 12.3 Å². The van der Waals surface area contributed by atoms with Gasteiger partial charge in [-0.15, -0.1) is 0 Å². The number of pyridine rings is 1. The van der Waals surface area contributed by atoms with Gasteiger partial charge in [0.15, 0.2) is 5.65 Å². The lowest BCUT2D eigenvalue weighted by Gasteiger charge is -1.93. The van der Waals surface area contributed by atoms with E-state index in [-0.39, 0.29) is 0 Å². The highest BCUT2D eigenvalue weighted by Crippen LogP contribution is 2.13. The standard InChI is InChI=1S/C8H8N4O/c1-5-6-3-2-4-10-7(6)12(11-5)8(9)13/h2-4H,1H3,(H2,9,13). The molecule has 0 spiro atoms. The fourth-order valence-corrected chi connectivity index (χ4v) is 1.25. The summed E-state index contributed by atoms with van der Waals surface area (Å²) in [4.78, 5) is 14.9. The second kappa shape index (κ2) is 2.55. The molecule has 0 aromatic carbocycles. The van der Waals surface area contributed by atoms with Crippen molar-refractivity contribution < 1.29 is 4.79 Å². The number of nitrogens with zero attached hydrogens (tertiary/aromatic N) is 3. The number of aryl methyl sites for hydroxylation is 1. The Hall–Kier alpha value is -1.91. The normalized spacial score (nSPS) is 10.5. The van der Waals surface area contributed by atoms with E-state index in [9.17, 15) is 4.79 Å². The summed E-state index contributed by atoms with van der Waals surface area (Å²) in [7, 11) is 0. The molecule has 66 valence electrons. The Labute approximate surface area is 74.2 Å². The molecule has 0 atom stereocenters. The van der Waals surface area contributed by atoms with Crippen molar-refractivity contribution in [1.82, 2.24) is 14.8 Å². The van der Waals surface area contributed by atoms with Crippen LogP contribution >= 0.6 is 0 Å². The van der Waals surface area contributed by atoms with Crippen molar-refractivity contribution in [3.05, 3.63) is 24.0 Å². The molecule has 0 radical (unpaired) electrons. The lowest BCUT2D eigenvalue weighted by Crippen LogP contribution is -2.21. The number of hydrogen-bond donors (Lipinski definition) is 1. The first-order chi connectivity index (χ1) is 6.20. The molecular weight excluding hydrogens is 168 g/mol. The lowest BCUT2D eigenvalue weighted by atomic mass is 10.3. The molecule has 2 rings (SSSR count). The topological polar surface area (TPSA) is 73.8 Å². The minimum absolute atomic E-state index is 0.507. The molecule has 2 aromatic heterocycles. The summed E-state index contributed by atoms with van der Waals surface area (Å²) in [6, 6.07) is 3.03. The first-order valence-electron chi connectivity index (χ1n) is 3.80. The molecule has 0 saturated carbocycles. The van der Waals surface area contributed by atoms with E-state index >= 15 is 0 Å². The number of rotatable bonds is 0. The predicted octanol–water partition coefficient (Wildman–Crippen LogP) is 0.667. The molecule has 2 heterocycles. The summed E-state index contributed by atoms with van der Waals surface area (Å²) in [5.74, 6) is 0. The van der Waals surface area contributed by atoms with E-state index in [4.69, 9.17) is 5.73 Å². The van der Waals surface area contributed by atoms with Gasteiger partial charge in [0, 0.05) is 11.6 Å². The Kier molecular flexibility index (Phi) is 1.51. The number of carbonyl (C=O) groups is 1. The fraction of sp³-hybridized carbons (Fsp3) is 0.125. The third-order valence-corrected chi connectivity index (χ3v) is 1.84. The molecular formula is C8H8N4O. The van der Waals surface area contributed by atoms with Crippen LogP contribution in [0.5, 0.6) is 0 Å². The average molecular weight is 176 g/mol. The minimum atomic E-state index is -0.614. The van der Waals surface area contributed by atoms with Crippen LogP contribution in [-0.4, -0.2) is 20.8 Å². The Balaban J connectivity index is 2.85. The molecule has 13 heavy (non-hydrogen) atoms. The zero-order valence-corrected chi connectivity index (χ0v) is 7.06. The Morgan fingerprint density at radius 3 is 3.08 bits per heavy atom. The van der Waals surface area contributed by atoms with E-state index in [1.165, 1.54) is 0 Å². The molecule has 2 aromatic rings. The van der Waals surface area contributed by atoms with Crippen molar-refractivity contribution in [2.24, 2.45) is 5.73 Å². The maximum Gasteiger partial charge on any atom is 0.341 e. The maximum absolute atomic E-state index is 10.9. The van der Waals surface area contributed by atoms with Crippen LogP contribution in [0.15, 0.2) is 18.3 Å². The second-order valence-corrected chi connectivity index (χ2v) is 2.71. The van der Waals surface area contributed by atoms with Gasteiger partial charge in [-0.05, 0) is 19.1 Å². The fourth-order valence-electron chi connectivity index (χ4n) is 1.25. The Morgan fingerprint density at radius 2 is 2.38 bits per heavy atom. The molecule has 5 heteroatoms. The van der Waals surface area contributed by atoms with Crippen LogP contribution in [-0.2, 0) is 0 Å². The number of hydrogen-bond acceptors (Lipinski definition) is 3. The van der Waals surface area contributed by atoms with Crippen LogP contribution in [0.4, 0.5) is 4.79 Å². The Bertz CT molecular complexity index is 474. The van der Waals surface area contributed by atoms with Gasteiger partial charge in [-0.2, -0.15) is 9.78 Å². The molecule has 2 N–H and O–H groups in total. The summed E-state index contributed by atoms with van der Waals surface area (Å²) in [6.45, 7) is 1.81. The van der Waals surface area contributed by atoms with E-state index in [1.807, 2.05) is 13.0 Å². The van der Waals surface area contributed by atoms with Gasteiger partial charge in [0.2, 0.25) is 0 Å². The van der Waals surface area contributed by atoms with Gasteiger partial charge >= 0.3 is 6.03 Å². The van der Waals surface area contributed by atoms with Gasteiger partial charge in [0.05, 0.1) is 5.69 Å². The molecule has 0 unspecified atom stereocenters. The summed E-state index contributed by atoms with van der Waals surface area (Å²) in [6.07, 6.45) is 1.60. The predicted molar refractivity (Wildman–Crippen MR) is 47.2 cm³/mol. The van der Waals surface area contributed by atoms with Crippen LogP contribution in [0.1, 0.15) is 5.69 Å². The van der Waals surface area contributed by atoms with Crippen LogP contribution in [0, 0.1) is 6.92 Å². The third kappa shape index (κ3) is 1.05. The van der Waals surface area contributed by atoms with Crippen molar-refractivity contribution in [3.63, 3.8) is 0 Å². The van der Waals surface area contributed by atoms with Gasteiger partial charge < -0.3 is 5.73 Å². The smallest absolute Gasteiger partial charge is 0.341 e. The number of amides is 1. The summed E-state index contributed by atoms with van der Waals surface area (Å²) >= 11 is 0. The molecule has 0 bridgehead atoms. The number of nitrogens with two attached hydrogens (primary N) is 1. The lowest BCUT2D eigenvalue weighted by molar-refractivity contribution is 0.248. The number of aromatic nitrogens is 3. The van der Waals surface area contributed by atoms with Gasteiger partial charge in [0.1, 0.15) is 0 Å². The van der Waals surface area contributed by atoms with Gasteiger partial charge in [-0.1, -0.05) is 0 Å². The first-order valence-corrected chi connectivity index (χ1v) is 3.80. The monoisotopic (exact) mass is 176 g/mol. The second-order valence-electron chi connectivity index (χ2n) is 2.71. The van der Waals surface area contributed by atoms with E-state index in [0.29, 0.717) is 5.65 Å². The summed E-state index contributed by atoms with van der Waals surface area (Å²) < 4.78 is 1.10. The zero-order valence-electron chi connectivity index (χ0n) is 7.06. The highest BCUT2D eigenvalue weighted by molar-refractivity contribution is 5.88. The van der Waals surface area contributed by atoms with E-state index in [0.717, 1.165) is 15.8 Å². The van der Waals surface area contributed by atoms with Crippen LogP contribution in [0.25, 0.3) is 11.0 Å². The van der Waals surface area contributed by atoms with Crippen molar-refractivity contribution in [2.75, 3.05) is 0 Å². The number of fused-ring (bicyclic) bond motifs is 1. The summed E-state index contributed by atoms with van der Waals surface area (Å²) in [5, 5.41) is 4.82. The average Bonchev–Trinajstić information content (AvgIpc) is 2.45. The Morgan fingerprint density at radius 1 is 1.62 bits per heavy atom. The number of primary amides is 1. The van der Waals surface area contributed by atoms with Gasteiger partial charge in [0.25, 0.3) is 0 Å². The van der Waals surface area contributed by atoms with Crippen molar-refractivity contribution >= 4 is 17.1 Å². The van der Waals surface area contributed by atoms with Crippen molar-refractivity contribution in [2.45, 2.75) is 6.92 Å². The van der Waals surface area contributed by atoms with Crippen molar-refractivity contribution in [1.29, 1.82) is 0 Å². The quantitative estimate of drug-likeness (QED) is 0.641. The minimum Gasteiger partial charge on any atom is -0.350 e. The molecule has 0 aliphatic rings. The molecule has 1 amide bonds. The molecule has 5 nitrogen and oxygen atoms in total. The molecule has 0 aliphatic heterocycles. The van der Waals surface area contributed by atoms with Gasteiger partial charge in [-0.25, -0.2) is 9.78 Å². The van der Waals surface area contributed by atoms with Crippen LogP contribution in [0.2, 0.25) is 0 Å². The summed E-state index contributed by atoms with van der Waals surface area (Å²) in [5.41, 5.74) is 6.37. The SMILES string of the molecule is Cc1nn(C(N)=O)c2ncccc12. The highest BCUT2D eigenvalue weighted by atomic mass is 16.2. The first kappa shape index (κ1) is 7.72. The van der Waals surface area contributed by atoms with Crippen LogP contribution in [0.3, 0.4) is 0 Å². The zero-order chi connectivity index (χ0) is 9.42. The van der Waals surface area contributed by atoms with Crippen molar-refractivity contribution in [3.8, 4) is 0 Å². The molecule has 0 fully saturated rings. The van der Waals surface area contributed by atoms with E-state index in [2.05, 4.69) is 10.1 Å². The molecule has 0 saturated heterocycles. The number of carbonyl (C=O) groups excluding carboxylic acids is 1. The highest BCUT2D eigenvalue weighted by Gasteiger charge is 2.10. The molecule has 0 aliphatic carbocycles. The van der Waals surface area contributed by atoms with E-state index < -0.39 is 6.03 Å². The van der Waals surface area contributed by atoms with Crippen LogP contribution < -0.4 is 5.73 Å². The maximum atomic E-state index is 10.9.